The Kier molecular flexibility index (Phi) is 29.9. The van der Waals surface area contributed by atoms with Crippen molar-refractivity contribution < 1.29 is 0 Å². The number of nitrogens with zero attached hydrogens (tertiary/aromatic N) is 1. The van der Waals surface area contributed by atoms with Gasteiger partial charge in [-0.3, -0.25) is 4.90 Å². The zero-order valence-corrected chi connectivity index (χ0v) is 28.4. The first kappa shape index (κ1) is 38.2. The van der Waals surface area contributed by atoms with Gasteiger partial charge in [-0.05, 0) is 70.8 Å². The molecule has 1 rings (SSSR count). The van der Waals surface area contributed by atoms with Crippen molar-refractivity contribution in [3.05, 3.63) is 36.5 Å². The van der Waals surface area contributed by atoms with Gasteiger partial charge in [0.2, 0.25) is 0 Å². The molecule has 0 spiro atoms. The van der Waals surface area contributed by atoms with Crippen molar-refractivity contribution in [1.82, 2.24) is 4.90 Å². The van der Waals surface area contributed by atoms with E-state index >= 15 is 0 Å². The zero-order valence-electron chi connectivity index (χ0n) is 28.4. The van der Waals surface area contributed by atoms with Crippen molar-refractivity contribution in [3.63, 3.8) is 0 Å². The molecule has 0 saturated carbocycles. The first-order valence-corrected chi connectivity index (χ1v) is 19.1. The second kappa shape index (κ2) is 32.1. The lowest BCUT2D eigenvalue weighted by Crippen LogP contribution is -2.30. The number of hydrogen-bond donors (Lipinski definition) is 0. The van der Waals surface area contributed by atoms with E-state index in [1.807, 2.05) is 0 Å². The number of allylic oxidation sites excluding steroid dienone is 4. The van der Waals surface area contributed by atoms with Gasteiger partial charge in [0.1, 0.15) is 0 Å². The third kappa shape index (κ3) is 26.5. The molecule has 0 aliphatic carbocycles. The lowest BCUT2D eigenvalue weighted by molar-refractivity contribution is 0.250. The Morgan fingerprint density at radius 1 is 0.463 bits per heavy atom. The van der Waals surface area contributed by atoms with E-state index in [0.29, 0.717) is 0 Å². The predicted octanol–water partition coefficient (Wildman–Crippen LogP) is 13.7. The smallest absolute Gasteiger partial charge is 0.0281 e. The van der Waals surface area contributed by atoms with Gasteiger partial charge in [-0.15, -0.1) is 0 Å². The van der Waals surface area contributed by atoms with Crippen LogP contribution in [0.4, 0.5) is 0 Å². The summed E-state index contributed by atoms with van der Waals surface area (Å²) in [4.78, 5) is 2.74. The average molecular weight is 570 g/mol. The summed E-state index contributed by atoms with van der Waals surface area (Å²) in [6, 6.07) is 0.731. The third-order valence-electron chi connectivity index (χ3n) is 9.14. The molecule has 0 amide bonds. The first-order valence-electron chi connectivity index (χ1n) is 19.1. The Bertz CT molecular complexity index is 588. The Balaban J connectivity index is 1.83. The van der Waals surface area contributed by atoms with Crippen molar-refractivity contribution in [2.75, 3.05) is 13.1 Å². The zero-order chi connectivity index (χ0) is 29.3. The van der Waals surface area contributed by atoms with Gasteiger partial charge in [0, 0.05) is 12.6 Å². The molecule has 0 aromatic rings. The van der Waals surface area contributed by atoms with Crippen molar-refractivity contribution in [2.24, 2.45) is 0 Å². The minimum absolute atomic E-state index is 0.731. The molecule has 1 heterocycles. The Morgan fingerprint density at radius 3 is 1.27 bits per heavy atom. The summed E-state index contributed by atoms with van der Waals surface area (Å²) in [5, 5.41) is 0. The highest BCUT2D eigenvalue weighted by atomic mass is 15.2. The summed E-state index contributed by atoms with van der Waals surface area (Å²) in [6.45, 7) is 7.10. The van der Waals surface area contributed by atoms with Crippen LogP contribution in [0.5, 0.6) is 0 Å². The lowest BCUT2D eigenvalue weighted by Gasteiger charge is -2.24. The molecule has 1 heteroatoms. The van der Waals surface area contributed by atoms with Crippen molar-refractivity contribution in [2.45, 2.75) is 206 Å². The maximum absolute atomic E-state index is 2.74. The summed E-state index contributed by atoms with van der Waals surface area (Å²) in [5.74, 6) is 0. The minimum Gasteiger partial charge on any atom is -0.293 e. The number of unbranched alkanes of at least 4 members (excludes halogenated alkanes) is 24. The van der Waals surface area contributed by atoms with Gasteiger partial charge in [0.15, 0.2) is 0 Å². The Morgan fingerprint density at radius 2 is 0.829 bits per heavy atom. The topological polar surface area (TPSA) is 3.24 Å². The van der Waals surface area contributed by atoms with Crippen molar-refractivity contribution in [3.8, 4) is 0 Å². The van der Waals surface area contributed by atoms with Crippen LogP contribution in [-0.4, -0.2) is 24.0 Å². The summed E-state index contributed by atoms with van der Waals surface area (Å²) in [6.07, 6.45) is 55.3. The molecule has 0 saturated heterocycles. The Labute approximate surface area is 260 Å². The normalized spacial score (nSPS) is 15.8. The van der Waals surface area contributed by atoms with Gasteiger partial charge in [-0.1, -0.05) is 172 Å². The molecule has 0 aromatic carbocycles. The van der Waals surface area contributed by atoms with Gasteiger partial charge in [-0.25, -0.2) is 0 Å². The quantitative estimate of drug-likeness (QED) is 0.0575. The fourth-order valence-corrected chi connectivity index (χ4v) is 6.31. The molecule has 240 valence electrons. The first-order chi connectivity index (χ1) is 20.4. The van der Waals surface area contributed by atoms with Gasteiger partial charge in [0.05, 0.1) is 0 Å². The van der Waals surface area contributed by atoms with E-state index in [1.54, 1.807) is 0 Å². The summed E-state index contributed by atoms with van der Waals surface area (Å²) in [7, 11) is 0. The molecule has 0 radical (unpaired) electrons. The maximum Gasteiger partial charge on any atom is 0.0281 e. The highest BCUT2D eigenvalue weighted by Crippen LogP contribution is 2.19. The van der Waals surface area contributed by atoms with Crippen LogP contribution in [0.15, 0.2) is 36.5 Å². The summed E-state index contributed by atoms with van der Waals surface area (Å²) in [5.41, 5.74) is 0. The second-order valence-corrected chi connectivity index (χ2v) is 13.2. The molecule has 41 heavy (non-hydrogen) atoms. The maximum atomic E-state index is 2.74. The van der Waals surface area contributed by atoms with Crippen LogP contribution in [0.25, 0.3) is 0 Å². The van der Waals surface area contributed by atoms with E-state index in [2.05, 4.69) is 55.2 Å². The van der Waals surface area contributed by atoms with E-state index in [9.17, 15) is 0 Å². The van der Waals surface area contributed by atoms with Gasteiger partial charge in [-0.2, -0.15) is 0 Å². The SMILES string of the molecule is CCCCCCCC/C=C\CCCCCCCCC1C=CCN1CCCCCCCC/C=C\CCCCCCCC. The van der Waals surface area contributed by atoms with Crippen molar-refractivity contribution >= 4 is 0 Å². The van der Waals surface area contributed by atoms with Crippen LogP contribution in [0.3, 0.4) is 0 Å². The van der Waals surface area contributed by atoms with Gasteiger partial charge in [0.25, 0.3) is 0 Å². The standard InChI is InChI=1S/C40H75N/c1-3-5-7-9-11-13-15-17-19-21-23-25-27-29-31-33-36-40-37-35-39-41(40)38-34-32-30-28-26-24-22-20-18-16-14-12-10-8-6-4-2/h17-20,35,37,40H,3-16,21-34,36,38-39H2,1-2H3/b19-17-,20-18-. The minimum atomic E-state index is 0.731. The predicted molar refractivity (Wildman–Crippen MR) is 188 cm³/mol. The molecule has 0 bridgehead atoms. The van der Waals surface area contributed by atoms with Crippen LogP contribution >= 0.6 is 0 Å². The fourth-order valence-electron chi connectivity index (χ4n) is 6.31. The Hall–Kier alpha value is -0.820. The summed E-state index contributed by atoms with van der Waals surface area (Å²) >= 11 is 0. The fraction of sp³-hybridized carbons (Fsp3) is 0.850. The van der Waals surface area contributed by atoms with E-state index in [0.717, 1.165) is 6.04 Å². The average Bonchev–Trinajstić information content (AvgIpc) is 3.43. The van der Waals surface area contributed by atoms with Crippen LogP contribution in [0.2, 0.25) is 0 Å². The third-order valence-corrected chi connectivity index (χ3v) is 9.14. The van der Waals surface area contributed by atoms with Crippen LogP contribution in [0.1, 0.15) is 200 Å². The molecular weight excluding hydrogens is 494 g/mol. The van der Waals surface area contributed by atoms with E-state index in [-0.39, 0.29) is 0 Å². The molecule has 1 unspecified atom stereocenters. The molecule has 0 N–H and O–H groups in total. The molecule has 1 aliphatic rings. The molecular formula is C40H75N. The molecule has 0 fully saturated rings. The van der Waals surface area contributed by atoms with E-state index < -0.39 is 0 Å². The lowest BCUT2D eigenvalue weighted by atomic mass is 10.0. The molecule has 1 nitrogen and oxygen atoms in total. The highest BCUT2D eigenvalue weighted by Gasteiger charge is 2.18. The molecule has 1 aliphatic heterocycles. The molecule has 0 aromatic heterocycles. The van der Waals surface area contributed by atoms with Crippen molar-refractivity contribution in [1.29, 1.82) is 0 Å². The largest absolute Gasteiger partial charge is 0.293 e. The number of rotatable bonds is 32. The van der Waals surface area contributed by atoms with Crippen LogP contribution in [0, 0.1) is 0 Å². The van der Waals surface area contributed by atoms with Gasteiger partial charge >= 0.3 is 0 Å². The van der Waals surface area contributed by atoms with Gasteiger partial charge < -0.3 is 0 Å². The van der Waals surface area contributed by atoms with Crippen LogP contribution in [-0.2, 0) is 0 Å². The second-order valence-electron chi connectivity index (χ2n) is 13.2. The molecule has 1 atom stereocenters. The summed E-state index contributed by atoms with van der Waals surface area (Å²) < 4.78 is 0. The van der Waals surface area contributed by atoms with E-state index in [4.69, 9.17) is 0 Å². The monoisotopic (exact) mass is 570 g/mol. The van der Waals surface area contributed by atoms with Crippen LogP contribution < -0.4 is 0 Å². The number of hydrogen-bond acceptors (Lipinski definition) is 1. The highest BCUT2D eigenvalue weighted by molar-refractivity contribution is 5.03. The van der Waals surface area contributed by atoms with E-state index in [1.165, 1.54) is 199 Å².